The number of benzene rings is 1. The van der Waals surface area contributed by atoms with E-state index >= 15 is 0 Å². The summed E-state index contributed by atoms with van der Waals surface area (Å²) in [6, 6.07) is 1.18. The van der Waals surface area contributed by atoms with Gasteiger partial charge in [0, 0.05) is 6.07 Å². The van der Waals surface area contributed by atoms with Crippen molar-refractivity contribution in [3.63, 3.8) is 0 Å². The fraction of sp³-hybridized carbons (Fsp3) is 0.125. The Labute approximate surface area is 81.4 Å². The monoisotopic (exact) mass is 223 g/mol. The Balaban J connectivity index is 3.16. The zero-order valence-corrected chi connectivity index (χ0v) is 7.14. The van der Waals surface area contributed by atoms with Crippen molar-refractivity contribution in [2.75, 3.05) is 5.73 Å². The summed E-state index contributed by atoms with van der Waals surface area (Å²) < 4.78 is 51.7. The van der Waals surface area contributed by atoms with E-state index in [1.54, 1.807) is 0 Å². The molecule has 0 saturated carbocycles. The lowest BCUT2D eigenvalue weighted by molar-refractivity contribution is -0.274. The maximum absolute atomic E-state index is 12.8. The summed E-state index contributed by atoms with van der Waals surface area (Å²) in [5.74, 6) is -1.80. The van der Waals surface area contributed by atoms with Gasteiger partial charge in [-0.25, -0.2) is 4.39 Å². The van der Waals surface area contributed by atoms with Crippen LogP contribution in [-0.2, 0) is 0 Å². The molecule has 15 heavy (non-hydrogen) atoms. The van der Waals surface area contributed by atoms with Crippen LogP contribution in [0.2, 0.25) is 0 Å². The van der Waals surface area contributed by atoms with E-state index in [0.717, 1.165) is 0 Å². The molecular formula is C8H5F4NO2. The topological polar surface area (TPSA) is 52.3 Å². The van der Waals surface area contributed by atoms with Gasteiger partial charge in [0.15, 0.2) is 6.29 Å². The first kappa shape index (κ1) is 11.3. The summed E-state index contributed by atoms with van der Waals surface area (Å²) >= 11 is 0. The number of carbonyl (C=O) groups excluding carboxylic acids is 1. The van der Waals surface area contributed by atoms with Crippen LogP contribution in [0, 0.1) is 5.82 Å². The molecule has 0 aliphatic carbocycles. The number of ether oxygens (including phenoxy) is 1. The molecule has 0 atom stereocenters. The second-order valence-electron chi connectivity index (χ2n) is 2.58. The van der Waals surface area contributed by atoms with Gasteiger partial charge in [-0.3, -0.25) is 4.79 Å². The van der Waals surface area contributed by atoms with Gasteiger partial charge < -0.3 is 10.5 Å². The molecule has 0 saturated heterocycles. The van der Waals surface area contributed by atoms with Crippen LogP contribution in [0.1, 0.15) is 10.4 Å². The summed E-state index contributed by atoms with van der Waals surface area (Å²) in [6.45, 7) is 0. The third-order valence-corrected chi connectivity index (χ3v) is 1.48. The Morgan fingerprint density at radius 1 is 1.33 bits per heavy atom. The molecule has 7 heteroatoms. The summed E-state index contributed by atoms with van der Waals surface area (Å²) in [5.41, 5.74) is 3.94. The van der Waals surface area contributed by atoms with Crippen LogP contribution in [0.3, 0.4) is 0 Å². The molecule has 0 unspecified atom stereocenters. The van der Waals surface area contributed by atoms with Crippen molar-refractivity contribution < 1.29 is 27.1 Å². The van der Waals surface area contributed by atoms with Crippen LogP contribution >= 0.6 is 0 Å². The van der Waals surface area contributed by atoms with Crippen molar-refractivity contribution >= 4 is 12.0 Å². The molecule has 2 N–H and O–H groups in total. The fourth-order valence-corrected chi connectivity index (χ4v) is 0.890. The zero-order valence-electron chi connectivity index (χ0n) is 7.14. The molecule has 3 nitrogen and oxygen atoms in total. The van der Waals surface area contributed by atoms with Crippen LogP contribution in [0.15, 0.2) is 12.1 Å². The largest absolute Gasteiger partial charge is 0.573 e. The maximum atomic E-state index is 12.8. The van der Waals surface area contributed by atoms with Crippen molar-refractivity contribution in [3.05, 3.63) is 23.5 Å². The number of nitrogen functional groups attached to an aromatic ring is 1. The second kappa shape index (κ2) is 3.76. The van der Waals surface area contributed by atoms with Gasteiger partial charge >= 0.3 is 6.36 Å². The molecule has 0 fully saturated rings. The van der Waals surface area contributed by atoms with E-state index in [4.69, 9.17) is 5.73 Å². The maximum Gasteiger partial charge on any atom is 0.573 e. The van der Waals surface area contributed by atoms with Gasteiger partial charge in [-0.1, -0.05) is 0 Å². The molecule has 1 aromatic rings. The molecule has 0 aliphatic heterocycles. The highest BCUT2D eigenvalue weighted by molar-refractivity contribution is 5.80. The Kier molecular flexibility index (Phi) is 2.83. The Morgan fingerprint density at radius 2 is 1.93 bits per heavy atom. The molecule has 82 valence electrons. The standard InChI is InChI=1S/C8H5F4NO2/c9-5-1-4(3-14)7(2-6(5)13)15-8(10,11)12/h1-3H,13H2. The number of carbonyl (C=O) groups is 1. The number of anilines is 1. The third-order valence-electron chi connectivity index (χ3n) is 1.48. The Morgan fingerprint density at radius 3 is 2.40 bits per heavy atom. The van der Waals surface area contributed by atoms with Gasteiger partial charge in [0.05, 0.1) is 11.3 Å². The highest BCUT2D eigenvalue weighted by Crippen LogP contribution is 2.28. The highest BCUT2D eigenvalue weighted by Gasteiger charge is 2.32. The smallest absolute Gasteiger partial charge is 0.405 e. The first-order chi connectivity index (χ1) is 6.83. The molecule has 1 rings (SSSR count). The van der Waals surface area contributed by atoms with Gasteiger partial charge in [-0.2, -0.15) is 0 Å². The van der Waals surface area contributed by atoms with E-state index in [1.165, 1.54) is 0 Å². The van der Waals surface area contributed by atoms with Crippen molar-refractivity contribution in [1.29, 1.82) is 0 Å². The lowest BCUT2D eigenvalue weighted by atomic mass is 10.2. The summed E-state index contributed by atoms with van der Waals surface area (Å²) in [5, 5.41) is 0. The number of aldehydes is 1. The minimum absolute atomic E-state index is 0.0452. The number of alkyl halides is 3. The molecule has 1 aromatic carbocycles. The van der Waals surface area contributed by atoms with Crippen LogP contribution in [-0.4, -0.2) is 12.6 Å². The fourth-order valence-electron chi connectivity index (χ4n) is 0.890. The summed E-state index contributed by atoms with van der Waals surface area (Å²) in [6.07, 6.45) is -4.91. The van der Waals surface area contributed by atoms with Gasteiger partial charge in [0.25, 0.3) is 0 Å². The molecule has 0 aromatic heterocycles. The quantitative estimate of drug-likeness (QED) is 0.474. The zero-order chi connectivity index (χ0) is 11.6. The van der Waals surface area contributed by atoms with E-state index < -0.39 is 29.2 Å². The second-order valence-corrected chi connectivity index (χ2v) is 2.58. The minimum Gasteiger partial charge on any atom is -0.405 e. The average molecular weight is 223 g/mol. The van der Waals surface area contributed by atoms with Crippen LogP contribution in [0.25, 0.3) is 0 Å². The molecule has 0 aliphatic rings. The third kappa shape index (κ3) is 2.83. The number of hydrogen-bond acceptors (Lipinski definition) is 3. The van der Waals surface area contributed by atoms with Crippen molar-refractivity contribution in [2.45, 2.75) is 6.36 Å². The molecule has 0 spiro atoms. The predicted molar refractivity (Wildman–Crippen MR) is 42.9 cm³/mol. The average Bonchev–Trinajstić information content (AvgIpc) is 2.08. The van der Waals surface area contributed by atoms with Crippen molar-refractivity contribution in [3.8, 4) is 5.75 Å². The van der Waals surface area contributed by atoms with Crippen LogP contribution < -0.4 is 10.5 Å². The lowest BCUT2D eigenvalue weighted by Crippen LogP contribution is -2.18. The van der Waals surface area contributed by atoms with E-state index in [2.05, 4.69) is 4.74 Å². The molecule has 0 amide bonds. The number of hydrogen-bond donors (Lipinski definition) is 1. The highest BCUT2D eigenvalue weighted by atomic mass is 19.4. The van der Waals surface area contributed by atoms with Gasteiger partial charge in [-0.15, -0.1) is 13.2 Å². The summed E-state index contributed by atoms with van der Waals surface area (Å²) in [7, 11) is 0. The SMILES string of the molecule is Nc1cc(OC(F)(F)F)c(C=O)cc1F. The minimum atomic E-state index is -4.96. The number of halogens is 4. The molecule has 0 radical (unpaired) electrons. The summed E-state index contributed by atoms with van der Waals surface area (Å²) in [4.78, 5) is 10.3. The normalized spacial score (nSPS) is 11.2. The number of rotatable bonds is 2. The lowest BCUT2D eigenvalue weighted by Gasteiger charge is -2.11. The van der Waals surface area contributed by atoms with E-state index in [9.17, 15) is 22.4 Å². The van der Waals surface area contributed by atoms with Crippen molar-refractivity contribution in [1.82, 2.24) is 0 Å². The molecular weight excluding hydrogens is 218 g/mol. The predicted octanol–water partition coefficient (Wildman–Crippen LogP) is 2.12. The van der Waals surface area contributed by atoms with Gasteiger partial charge in [0.1, 0.15) is 11.6 Å². The van der Waals surface area contributed by atoms with E-state index in [-0.39, 0.29) is 6.29 Å². The van der Waals surface area contributed by atoms with Crippen molar-refractivity contribution in [2.24, 2.45) is 0 Å². The first-order valence-corrected chi connectivity index (χ1v) is 3.63. The van der Waals surface area contributed by atoms with E-state index in [1.807, 2.05) is 0 Å². The number of nitrogens with two attached hydrogens (primary N) is 1. The molecule has 0 bridgehead atoms. The van der Waals surface area contributed by atoms with Gasteiger partial charge in [0.2, 0.25) is 0 Å². The van der Waals surface area contributed by atoms with Crippen LogP contribution in [0.4, 0.5) is 23.2 Å². The van der Waals surface area contributed by atoms with Gasteiger partial charge in [-0.05, 0) is 6.07 Å². The van der Waals surface area contributed by atoms with Crippen LogP contribution in [0.5, 0.6) is 5.75 Å². The molecule has 0 heterocycles. The van der Waals surface area contributed by atoms with E-state index in [0.29, 0.717) is 12.1 Å². The Hall–Kier alpha value is -1.79. The Bertz CT molecular complexity index is 389. The first-order valence-electron chi connectivity index (χ1n) is 3.63.